The van der Waals surface area contributed by atoms with E-state index in [1.807, 2.05) is 6.07 Å². The van der Waals surface area contributed by atoms with Gasteiger partial charge in [-0.2, -0.15) is 0 Å². The van der Waals surface area contributed by atoms with E-state index in [0.29, 0.717) is 35.8 Å². The first-order valence-electron chi connectivity index (χ1n) is 9.79. The van der Waals surface area contributed by atoms with E-state index in [1.165, 1.54) is 12.1 Å². The summed E-state index contributed by atoms with van der Waals surface area (Å²) in [6, 6.07) is 9.43. The molecule has 1 aromatic carbocycles. The van der Waals surface area contributed by atoms with Gasteiger partial charge in [-0.05, 0) is 43.9 Å². The molecule has 1 heterocycles. The zero-order valence-electron chi connectivity index (χ0n) is 15.6. The highest BCUT2D eigenvalue weighted by atomic mass is 19.1. The molecule has 28 heavy (non-hydrogen) atoms. The van der Waals surface area contributed by atoms with Crippen LogP contribution in [-0.4, -0.2) is 16.7 Å². The van der Waals surface area contributed by atoms with Crippen LogP contribution < -0.4 is 10.1 Å². The average Bonchev–Trinajstić information content (AvgIpc) is 2.67. The van der Waals surface area contributed by atoms with Crippen molar-refractivity contribution < 1.29 is 18.7 Å². The minimum atomic E-state index is -0.388. The molecule has 2 atom stereocenters. The number of rotatable bonds is 5. The summed E-state index contributed by atoms with van der Waals surface area (Å²) in [6.45, 7) is 0.275. The first-order chi connectivity index (χ1) is 13.6. The third kappa shape index (κ3) is 4.06. The molecule has 1 N–H and O–H groups in total. The Kier molecular flexibility index (Phi) is 5.37. The first kappa shape index (κ1) is 18.6. The van der Waals surface area contributed by atoms with Crippen molar-refractivity contribution in [2.24, 2.45) is 17.8 Å². The summed E-state index contributed by atoms with van der Waals surface area (Å²) >= 11 is 0. The monoisotopic (exact) mass is 382 g/mol. The van der Waals surface area contributed by atoms with E-state index in [0.717, 1.165) is 19.3 Å². The number of hydrogen-bond donors (Lipinski definition) is 1. The second-order valence-electron chi connectivity index (χ2n) is 7.64. The van der Waals surface area contributed by atoms with Gasteiger partial charge in [0.1, 0.15) is 17.3 Å². The number of aromatic nitrogens is 1. The zero-order chi connectivity index (χ0) is 19.5. The minimum Gasteiger partial charge on any atom is -0.439 e. The smallest absolute Gasteiger partial charge is 0.224 e. The van der Waals surface area contributed by atoms with E-state index in [1.54, 1.807) is 24.4 Å². The second-order valence-corrected chi connectivity index (χ2v) is 7.64. The Morgan fingerprint density at radius 1 is 1.18 bits per heavy atom. The molecule has 2 aliphatic carbocycles. The number of nitrogens with one attached hydrogen (secondary N) is 1. The number of Topliss-reactive ketones (excluding diaryl/α,β-unsaturated/α-hetero) is 1. The van der Waals surface area contributed by atoms with Crippen LogP contribution in [0.3, 0.4) is 0 Å². The van der Waals surface area contributed by atoms with Crippen molar-refractivity contribution in [1.82, 2.24) is 10.3 Å². The van der Waals surface area contributed by atoms with Gasteiger partial charge in [-0.1, -0.05) is 18.6 Å². The normalized spacial score (nSPS) is 23.9. The highest BCUT2D eigenvalue weighted by Gasteiger charge is 2.41. The molecule has 146 valence electrons. The topological polar surface area (TPSA) is 68.3 Å². The lowest BCUT2D eigenvalue weighted by Crippen LogP contribution is -2.42. The fraction of sp³-hybridized carbons (Fsp3) is 0.409. The molecule has 2 fully saturated rings. The molecule has 1 amide bonds. The molecular weight excluding hydrogens is 359 g/mol. The molecule has 0 saturated heterocycles. The zero-order valence-corrected chi connectivity index (χ0v) is 15.6. The van der Waals surface area contributed by atoms with Gasteiger partial charge >= 0.3 is 0 Å². The van der Waals surface area contributed by atoms with Crippen LogP contribution in [0.4, 0.5) is 4.39 Å². The number of pyridine rings is 1. The standard InChI is InChI=1S/C22H23FN2O3/c23-18-7-2-8-19(12-18)28-22-16(6-3-9-24-22)13-25-21(27)17-10-14-4-1-5-15(11-17)20(14)26/h2-3,6-9,12,14-15,17H,1,4-5,10-11,13H2,(H,25,27). The van der Waals surface area contributed by atoms with Crippen LogP contribution >= 0.6 is 0 Å². The number of ketones is 1. The number of hydrogen-bond acceptors (Lipinski definition) is 4. The maximum absolute atomic E-state index is 13.4. The Balaban J connectivity index is 1.40. The molecule has 2 unspecified atom stereocenters. The van der Waals surface area contributed by atoms with Crippen molar-refractivity contribution in [2.75, 3.05) is 0 Å². The van der Waals surface area contributed by atoms with Crippen LogP contribution in [0.2, 0.25) is 0 Å². The molecule has 0 radical (unpaired) electrons. The largest absolute Gasteiger partial charge is 0.439 e. The van der Waals surface area contributed by atoms with Crippen molar-refractivity contribution in [3.05, 3.63) is 54.0 Å². The molecule has 0 spiro atoms. The first-order valence-corrected chi connectivity index (χ1v) is 9.79. The molecule has 2 saturated carbocycles. The molecule has 5 nitrogen and oxygen atoms in total. The van der Waals surface area contributed by atoms with Crippen molar-refractivity contribution in [3.8, 4) is 11.6 Å². The van der Waals surface area contributed by atoms with Crippen molar-refractivity contribution in [3.63, 3.8) is 0 Å². The highest BCUT2D eigenvalue weighted by molar-refractivity contribution is 5.88. The third-order valence-corrected chi connectivity index (χ3v) is 5.73. The SMILES string of the molecule is O=C(NCc1cccnc1Oc1cccc(F)c1)C1CC2CCCC(C1)C2=O. The Morgan fingerprint density at radius 2 is 1.96 bits per heavy atom. The van der Waals surface area contributed by atoms with Gasteiger partial charge < -0.3 is 10.1 Å². The summed E-state index contributed by atoms with van der Waals surface area (Å²) in [6.07, 6.45) is 5.81. The van der Waals surface area contributed by atoms with E-state index >= 15 is 0 Å². The molecule has 1 aromatic heterocycles. The van der Waals surface area contributed by atoms with Crippen molar-refractivity contribution >= 4 is 11.7 Å². The van der Waals surface area contributed by atoms with Gasteiger partial charge in [0.2, 0.25) is 11.8 Å². The van der Waals surface area contributed by atoms with Crippen LogP contribution in [0.25, 0.3) is 0 Å². The number of ether oxygens (including phenoxy) is 1. The third-order valence-electron chi connectivity index (χ3n) is 5.73. The Morgan fingerprint density at radius 3 is 2.71 bits per heavy atom. The second kappa shape index (κ2) is 8.09. The summed E-state index contributed by atoms with van der Waals surface area (Å²) in [7, 11) is 0. The number of carbonyl (C=O) groups is 2. The molecule has 6 heteroatoms. The fourth-order valence-electron chi connectivity index (χ4n) is 4.31. The van der Waals surface area contributed by atoms with Gasteiger partial charge in [0.15, 0.2) is 0 Å². The molecular formula is C22H23FN2O3. The lowest BCUT2D eigenvalue weighted by molar-refractivity contribution is -0.137. The van der Waals surface area contributed by atoms with Gasteiger partial charge in [-0.15, -0.1) is 0 Å². The number of carbonyl (C=O) groups excluding carboxylic acids is 2. The Hall–Kier alpha value is -2.76. The number of benzene rings is 1. The van der Waals surface area contributed by atoms with Gasteiger partial charge in [-0.3, -0.25) is 9.59 Å². The van der Waals surface area contributed by atoms with Gasteiger partial charge in [0.05, 0.1) is 0 Å². The van der Waals surface area contributed by atoms with Crippen LogP contribution in [-0.2, 0) is 16.1 Å². The van der Waals surface area contributed by atoms with E-state index < -0.39 is 0 Å². The molecule has 2 bridgehead atoms. The lowest BCUT2D eigenvalue weighted by atomic mass is 9.67. The predicted octanol–water partition coefficient (Wildman–Crippen LogP) is 4.02. The van der Waals surface area contributed by atoms with Gasteiger partial charge in [0, 0.05) is 42.1 Å². The molecule has 0 aliphatic heterocycles. The average molecular weight is 382 g/mol. The van der Waals surface area contributed by atoms with Gasteiger partial charge in [0.25, 0.3) is 0 Å². The number of halogens is 1. The Labute approximate surface area is 163 Å². The van der Waals surface area contributed by atoms with E-state index in [2.05, 4.69) is 10.3 Å². The maximum Gasteiger partial charge on any atom is 0.224 e. The summed E-state index contributed by atoms with van der Waals surface area (Å²) in [4.78, 5) is 29.1. The highest BCUT2D eigenvalue weighted by Crippen LogP contribution is 2.40. The number of fused-ring (bicyclic) bond motifs is 2. The van der Waals surface area contributed by atoms with E-state index in [-0.39, 0.29) is 36.0 Å². The summed E-state index contributed by atoms with van der Waals surface area (Å²) in [5, 5.41) is 2.97. The lowest BCUT2D eigenvalue weighted by Gasteiger charge is -2.36. The van der Waals surface area contributed by atoms with E-state index in [9.17, 15) is 14.0 Å². The fourth-order valence-corrected chi connectivity index (χ4v) is 4.31. The Bertz CT molecular complexity index is 870. The van der Waals surface area contributed by atoms with Crippen molar-refractivity contribution in [1.29, 1.82) is 0 Å². The minimum absolute atomic E-state index is 0.0232. The van der Waals surface area contributed by atoms with Crippen LogP contribution in [0.15, 0.2) is 42.6 Å². The molecule has 2 aromatic rings. The van der Waals surface area contributed by atoms with Crippen molar-refractivity contribution in [2.45, 2.75) is 38.6 Å². The van der Waals surface area contributed by atoms with Crippen LogP contribution in [0.5, 0.6) is 11.6 Å². The number of nitrogens with zero attached hydrogens (tertiary/aromatic N) is 1. The maximum atomic E-state index is 13.4. The van der Waals surface area contributed by atoms with Crippen LogP contribution in [0.1, 0.15) is 37.7 Å². The molecule has 2 aliphatic rings. The quantitative estimate of drug-likeness (QED) is 0.848. The summed E-state index contributed by atoms with van der Waals surface area (Å²) < 4.78 is 19.1. The van der Waals surface area contributed by atoms with Gasteiger partial charge in [-0.25, -0.2) is 9.37 Å². The number of amides is 1. The summed E-state index contributed by atoms with van der Waals surface area (Å²) in [5.74, 6) is 0.618. The predicted molar refractivity (Wildman–Crippen MR) is 101 cm³/mol. The van der Waals surface area contributed by atoms with Crippen LogP contribution in [0, 0.1) is 23.6 Å². The van der Waals surface area contributed by atoms with E-state index in [4.69, 9.17) is 4.74 Å². The summed E-state index contributed by atoms with van der Waals surface area (Å²) in [5.41, 5.74) is 0.715. The molecule has 4 rings (SSSR count).